The van der Waals surface area contributed by atoms with Gasteiger partial charge in [-0.2, -0.15) is 0 Å². The summed E-state index contributed by atoms with van der Waals surface area (Å²) in [5.41, 5.74) is 4.63. The number of para-hydroxylation sites is 1. The number of benzene rings is 2. The molecule has 2 aromatic carbocycles. The van der Waals surface area contributed by atoms with E-state index < -0.39 is 0 Å². The fourth-order valence-electron chi connectivity index (χ4n) is 3.52. The summed E-state index contributed by atoms with van der Waals surface area (Å²) in [6, 6.07) is 12.0. The van der Waals surface area contributed by atoms with Gasteiger partial charge in [-0.05, 0) is 44.0 Å². The van der Waals surface area contributed by atoms with E-state index in [1.54, 1.807) is 23.4 Å². The first-order valence-electron chi connectivity index (χ1n) is 8.49. The van der Waals surface area contributed by atoms with E-state index in [2.05, 4.69) is 43.1 Å². The number of aryl methyl sites for hydroxylation is 4. The average Bonchev–Trinajstić information content (AvgIpc) is 3.03. The lowest BCUT2D eigenvalue weighted by Gasteiger charge is -2.11. The molecule has 0 aliphatic rings. The van der Waals surface area contributed by atoms with Crippen molar-refractivity contribution in [3.8, 4) is 0 Å². The Labute approximate surface area is 155 Å². The standard InChI is InChI=1S/C20H20N4OS/c1-12-9-13(2)18(14(3)10-12)26-11-17-21-22-20-23(4)19(25)15-7-5-6-8-16(15)24(17)20/h5-10H,11H2,1-4H3. The fourth-order valence-corrected chi connectivity index (χ4v) is 4.55. The van der Waals surface area contributed by atoms with Gasteiger partial charge in [0.1, 0.15) is 5.82 Å². The predicted octanol–water partition coefficient (Wildman–Crippen LogP) is 3.80. The van der Waals surface area contributed by atoms with Gasteiger partial charge in [0.25, 0.3) is 5.56 Å². The summed E-state index contributed by atoms with van der Waals surface area (Å²) in [5, 5.41) is 9.31. The molecule has 6 heteroatoms. The van der Waals surface area contributed by atoms with Gasteiger partial charge < -0.3 is 0 Å². The summed E-state index contributed by atoms with van der Waals surface area (Å²) < 4.78 is 3.55. The summed E-state index contributed by atoms with van der Waals surface area (Å²) in [6.07, 6.45) is 0. The highest BCUT2D eigenvalue weighted by atomic mass is 32.2. The average molecular weight is 364 g/mol. The van der Waals surface area contributed by atoms with Gasteiger partial charge in [-0.25, -0.2) is 0 Å². The summed E-state index contributed by atoms with van der Waals surface area (Å²) >= 11 is 1.76. The highest BCUT2D eigenvalue weighted by Crippen LogP contribution is 2.30. The Morgan fingerprint density at radius 2 is 1.73 bits per heavy atom. The molecule has 4 aromatic rings. The van der Waals surface area contributed by atoms with Crippen molar-refractivity contribution < 1.29 is 0 Å². The summed E-state index contributed by atoms with van der Waals surface area (Å²) in [7, 11) is 1.74. The smallest absolute Gasteiger partial charge is 0.262 e. The molecule has 0 spiro atoms. The van der Waals surface area contributed by atoms with Crippen LogP contribution in [0.4, 0.5) is 0 Å². The molecule has 5 nitrogen and oxygen atoms in total. The van der Waals surface area contributed by atoms with Crippen LogP contribution in [-0.2, 0) is 12.8 Å². The van der Waals surface area contributed by atoms with Crippen molar-refractivity contribution in [1.29, 1.82) is 0 Å². The molecule has 26 heavy (non-hydrogen) atoms. The molecule has 0 saturated carbocycles. The van der Waals surface area contributed by atoms with Crippen LogP contribution in [0.1, 0.15) is 22.5 Å². The number of aromatic nitrogens is 4. The summed E-state index contributed by atoms with van der Waals surface area (Å²) in [6.45, 7) is 6.40. The molecule has 0 bridgehead atoms. The normalized spacial score (nSPS) is 11.5. The van der Waals surface area contributed by atoms with E-state index >= 15 is 0 Å². The Morgan fingerprint density at radius 3 is 2.46 bits per heavy atom. The van der Waals surface area contributed by atoms with Crippen LogP contribution in [0, 0.1) is 20.8 Å². The van der Waals surface area contributed by atoms with Crippen LogP contribution < -0.4 is 5.56 Å². The Morgan fingerprint density at radius 1 is 1.04 bits per heavy atom. The summed E-state index contributed by atoms with van der Waals surface area (Å²) in [5.74, 6) is 2.10. The van der Waals surface area contributed by atoms with Gasteiger partial charge in [-0.15, -0.1) is 22.0 Å². The van der Waals surface area contributed by atoms with E-state index in [1.165, 1.54) is 21.6 Å². The Balaban J connectivity index is 1.83. The molecule has 0 atom stereocenters. The van der Waals surface area contributed by atoms with Crippen LogP contribution in [0.2, 0.25) is 0 Å². The number of hydrogen-bond acceptors (Lipinski definition) is 4. The van der Waals surface area contributed by atoms with Crippen molar-refractivity contribution in [2.24, 2.45) is 7.05 Å². The first-order chi connectivity index (χ1) is 12.5. The summed E-state index contributed by atoms with van der Waals surface area (Å²) in [4.78, 5) is 13.8. The fraction of sp³-hybridized carbons (Fsp3) is 0.250. The van der Waals surface area contributed by atoms with Crippen molar-refractivity contribution in [3.05, 3.63) is 69.3 Å². The SMILES string of the molecule is Cc1cc(C)c(SCc2nnc3n(C)c(=O)c4ccccc4n23)c(C)c1. The van der Waals surface area contributed by atoms with E-state index in [0.717, 1.165) is 11.3 Å². The highest BCUT2D eigenvalue weighted by Gasteiger charge is 2.15. The minimum atomic E-state index is -0.0510. The van der Waals surface area contributed by atoms with Gasteiger partial charge in [0.15, 0.2) is 0 Å². The van der Waals surface area contributed by atoms with Crippen LogP contribution in [-0.4, -0.2) is 19.2 Å². The maximum Gasteiger partial charge on any atom is 0.262 e. The number of nitrogens with zero attached hydrogens (tertiary/aromatic N) is 4. The van der Waals surface area contributed by atoms with E-state index in [9.17, 15) is 4.79 Å². The molecule has 0 fully saturated rings. The third-order valence-corrected chi connectivity index (χ3v) is 5.98. The highest BCUT2D eigenvalue weighted by molar-refractivity contribution is 7.98. The molecule has 2 heterocycles. The van der Waals surface area contributed by atoms with Gasteiger partial charge >= 0.3 is 0 Å². The van der Waals surface area contributed by atoms with Crippen LogP contribution in [0.25, 0.3) is 16.7 Å². The minimum Gasteiger partial charge on any atom is -0.279 e. The monoisotopic (exact) mass is 364 g/mol. The molecule has 0 aliphatic heterocycles. The molecule has 0 aliphatic carbocycles. The number of thioether (sulfide) groups is 1. The van der Waals surface area contributed by atoms with Crippen LogP contribution >= 0.6 is 11.8 Å². The van der Waals surface area contributed by atoms with Crippen LogP contribution in [0.3, 0.4) is 0 Å². The topological polar surface area (TPSA) is 52.2 Å². The van der Waals surface area contributed by atoms with Crippen LogP contribution in [0.5, 0.6) is 0 Å². The molecular weight excluding hydrogens is 344 g/mol. The molecule has 2 aromatic heterocycles. The van der Waals surface area contributed by atoms with Crippen molar-refractivity contribution >= 4 is 28.4 Å². The van der Waals surface area contributed by atoms with Gasteiger partial charge in [-0.3, -0.25) is 13.8 Å². The third-order valence-electron chi connectivity index (χ3n) is 4.64. The van der Waals surface area contributed by atoms with Gasteiger partial charge in [0, 0.05) is 11.9 Å². The first kappa shape index (κ1) is 16.8. The predicted molar refractivity (Wildman–Crippen MR) is 106 cm³/mol. The van der Waals surface area contributed by atoms with Crippen molar-refractivity contribution in [3.63, 3.8) is 0 Å². The largest absolute Gasteiger partial charge is 0.279 e. The Bertz CT molecular complexity index is 1180. The molecule has 0 N–H and O–H groups in total. The third kappa shape index (κ3) is 2.61. The Hall–Kier alpha value is -2.60. The second-order valence-corrected chi connectivity index (χ2v) is 7.64. The number of fused-ring (bicyclic) bond motifs is 3. The van der Waals surface area contributed by atoms with E-state index in [4.69, 9.17) is 0 Å². The minimum absolute atomic E-state index is 0.0510. The zero-order valence-corrected chi connectivity index (χ0v) is 16.1. The number of rotatable bonds is 3. The molecule has 4 rings (SSSR count). The number of hydrogen-bond donors (Lipinski definition) is 0. The lowest BCUT2D eigenvalue weighted by molar-refractivity contribution is 0.858. The lowest BCUT2D eigenvalue weighted by Crippen LogP contribution is -2.20. The van der Waals surface area contributed by atoms with Crippen LogP contribution in [0.15, 0.2) is 46.1 Å². The molecule has 0 amide bonds. The van der Waals surface area contributed by atoms with Crippen molar-refractivity contribution in [1.82, 2.24) is 19.2 Å². The Kier molecular flexibility index (Phi) is 4.07. The second-order valence-electron chi connectivity index (χ2n) is 6.65. The first-order valence-corrected chi connectivity index (χ1v) is 9.48. The van der Waals surface area contributed by atoms with E-state index in [0.29, 0.717) is 16.9 Å². The molecule has 0 saturated heterocycles. The quantitative estimate of drug-likeness (QED) is 0.519. The lowest BCUT2D eigenvalue weighted by atomic mass is 10.1. The van der Waals surface area contributed by atoms with E-state index in [1.807, 2.05) is 28.7 Å². The zero-order valence-electron chi connectivity index (χ0n) is 15.3. The molecular formula is C20H20N4OS. The maximum absolute atomic E-state index is 12.5. The van der Waals surface area contributed by atoms with Crippen molar-refractivity contribution in [2.45, 2.75) is 31.4 Å². The van der Waals surface area contributed by atoms with Gasteiger partial charge in [0.05, 0.1) is 16.7 Å². The molecule has 0 unspecified atom stereocenters. The second kappa shape index (κ2) is 6.29. The van der Waals surface area contributed by atoms with Gasteiger partial charge in [0.2, 0.25) is 5.78 Å². The molecule has 0 radical (unpaired) electrons. The van der Waals surface area contributed by atoms with E-state index in [-0.39, 0.29) is 5.56 Å². The zero-order chi connectivity index (χ0) is 18.4. The van der Waals surface area contributed by atoms with Crippen molar-refractivity contribution in [2.75, 3.05) is 0 Å². The molecule has 132 valence electrons. The van der Waals surface area contributed by atoms with Gasteiger partial charge in [-0.1, -0.05) is 29.8 Å². The maximum atomic E-state index is 12.5.